The van der Waals surface area contributed by atoms with Gasteiger partial charge in [-0.05, 0) is 6.07 Å². The fraction of sp³-hybridized carbons (Fsp3) is 0.167. The predicted octanol–water partition coefficient (Wildman–Crippen LogP) is 0.661. The van der Waals surface area contributed by atoms with Gasteiger partial charge in [-0.15, -0.1) is 18.1 Å². The van der Waals surface area contributed by atoms with Crippen LogP contribution in [0.5, 0.6) is 5.75 Å². The number of nitrogens with zero attached hydrogens (tertiary/aromatic N) is 6. The summed E-state index contributed by atoms with van der Waals surface area (Å²) in [5.74, 6) is 1.39. The van der Waals surface area contributed by atoms with E-state index in [1.807, 2.05) is 0 Å². The Bertz CT molecular complexity index is 1220. The van der Waals surface area contributed by atoms with E-state index in [2.05, 4.69) is 27.9 Å². The summed E-state index contributed by atoms with van der Waals surface area (Å²) in [5.41, 5.74) is -0.283. The highest BCUT2D eigenvalue weighted by Gasteiger charge is 2.28. The van der Waals surface area contributed by atoms with E-state index < -0.39 is 11.4 Å². The van der Waals surface area contributed by atoms with Crippen LogP contribution in [0.3, 0.4) is 0 Å². The number of hydrogen-bond acceptors (Lipinski definition) is 6. The Labute approximate surface area is 157 Å². The molecule has 0 bridgehead atoms. The molecule has 3 aromatic rings. The van der Waals surface area contributed by atoms with E-state index in [-0.39, 0.29) is 47.2 Å². The smallest absolute Gasteiger partial charge is 0.285 e. The number of allylic oxidation sites excluding steroid dienone is 1. The molecule has 0 unspecified atom stereocenters. The fourth-order valence-electron chi connectivity index (χ4n) is 2.93. The SMILES string of the molecule is C#CCN1C(=O)COc2cc(F)c(-n3nnc4c(cnn4CC=C)c3=O)cc21. The topological polar surface area (TPSA) is 95.1 Å². The number of ether oxygens (including phenoxy) is 1. The molecule has 0 N–H and O–H groups in total. The number of terminal acetylenes is 1. The molecule has 9 nitrogen and oxygen atoms in total. The minimum Gasteiger partial charge on any atom is -0.481 e. The van der Waals surface area contributed by atoms with Crippen LogP contribution in [0.2, 0.25) is 0 Å². The predicted molar refractivity (Wildman–Crippen MR) is 97.8 cm³/mol. The van der Waals surface area contributed by atoms with E-state index >= 15 is 0 Å². The van der Waals surface area contributed by atoms with E-state index in [0.29, 0.717) is 6.54 Å². The number of amides is 1. The second kappa shape index (κ2) is 6.62. The number of hydrogen-bond donors (Lipinski definition) is 0. The third-order valence-electron chi connectivity index (χ3n) is 4.21. The number of carbonyl (C=O) groups excluding carboxylic acids is 1. The summed E-state index contributed by atoms with van der Waals surface area (Å²) in [6.07, 6.45) is 8.25. The molecule has 3 heterocycles. The summed E-state index contributed by atoms with van der Waals surface area (Å²) in [6.45, 7) is 3.69. The molecule has 1 aliphatic rings. The van der Waals surface area contributed by atoms with Gasteiger partial charge in [-0.3, -0.25) is 14.5 Å². The van der Waals surface area contributed by atoms with Crippen molar-refractivity contribution < 1.29 is 13.9 Å². The number of benzene rings is 1. The number of rotatable bonds is 4. The van der Waals surface area contributed by atoms with Crippen molar-refractivity contribution in [3.8, 4) is 23.8 Å². The molecule has 28 heavy (non-hydrogen) atoms. The molecule has 0 spiro atoms. The first-order valence-corrected chi connectivity index (χ1v) is 8.18. The maximum Gasteiger partial charge on any atom is 0.285 e. The molecule has 4 rings (SSSR count). The average molecular weight is 380 g/mol. The van der Waals surface area contributed by atoms with Gasteiger partial charge in [0.2, 0.25) is 0 Å². The Kier molecular flexibility index (Phi) is 4.12. The number of fused-ring (bicyclic) bond motifs is 2. The van der Waals surface area contributed by atoms with E-state index in [0.717, 1.165) is 10.7 Å². The second-order valence-corrected chi connectivity index (χ2v) is 5.90. The van der Waals surface area contributed by atoms with Crippen LogP contribution in [0.25, 0.3) is 16.7 Å². The molecule has 0 fully saturated rings. The molecule has 140 valence electrons. The van der Waals surface area contributed by atoms with Gasteiger partial charge in [0.25, 0.3) is 11.5 Å². The van der Waals surface area contributed by atoms with Crippen LogP contribution in [0, 0.1) is 18.2 Å². The summed E-state index contributed by atoms with van der Waals surface area (Å²) in [7, 11) is 0. The zero-order valence-corrected chi connectivity index (χ0v) is 14.5. The Morgan fingerprint density at radius 3 is 2.93 bits per heavy atom. The number of carbonyl (C=O) groups is 1. The molecular formula is C18H13FN6O3. The van der Waals surface area contributed by atoms with Crippen LogP contribution in [-0.2, 0) is 11.3 Å². The molecule has 0 saturated carbocycles. The van der Waals surface area contributed by atoms with Crippen LogP contribution >= 0.6 is 0 Å². The Hall–Kier alpha value is -4.00. The normalized spacial score (nSPS) is 13.1. The monoisotopic (exact) mass is 380 g/mol. The van der Waals surface area contributed by atoms with Crippen molar-refractivity contribution in [2.24, 2.45) is 0 Å². The van der Waals surface area contributed by atoms with E-state index in [9.17, 15) is 14.0 Å². The Morgan fingerprint density at radius 1 is 1.36 bits per heavy atom. The van der Waals surface area contributed by atoms with E-state index in [1.54, 1.807) is 6.08 Å². The minimum atomic E-state index is -0.761. The van der Waals surface area contributed by atoms with E-state index in [4.69, 9.17) is 11.2 Å². The molecule has 0 radical (unpaired) electrons. The summed E-state index contributed by atoms with van der Waals surface area (Å²) in [4.78, 5) is 26.2. The fourth-order valence-corrected chi connectivity index (χ4v) is 2.93. The summed E-state index contributed by atoms with van der Waals surface area (Å²) >= 11 is 0. The Morgan fingerprint density at radius 2 is 2.18 bits per heavy atom. The summed E-state index contributed by atoms with van der Waals surface area (Å²) in [6, 6.07) is 2.37. The van der Waals surface area contributed by atoms with Crippen molar-refractivity contribution in [2.45, 2.75) is 6.54 Å². The molecular weight excluding hydrogens is 367 g/mol. The third-order valence-corrected chi connectivity index (χ3v) is 4.21. The third kappa shape index (κ3) is 2.61. The highest BCUT2D eigenvalue weighted by Crippen LogP contribution is 2.35. The van der Waals surface area contributed by atoms with Crippen LogP contribution in [0.15, 0.2) is 35.8 Å². The maximum absolute atomic E-state index is 14.7. The van der Waals surface area contributed by atoms with Gasteiger partial charge < -0.3 is 4.74 Å². The first-order chi connectivity index (χ1) is 13.5. The van der Waals surface area contributed by atoms with Gasteiger partial charge >= 0.3 is 0 Å². The van der Waals surface area contributed by atoms with Crippen LogP contribution in [0.4, 0.5) is 10.1 Å². The standard InChI is InChI=1S/C18H13FN6O3/c1-3-5-23-14-8-13(12(19)7-15(14)28-10-16(23)26)25-18(27)11-9-20-24(6-4-2)17(11)21-22-25/h1,4,7-9H,2,5-6,10H2. The number of halogens is 1. The molecule has 2 aromatic heterocycles. The van der Waals surface area contributed by atoms with Gasteiger partial charge in [0, 0.05) is 6.07 Å². The summed E-state index contributed by atoms with van der Waals surface area (Å²) in [5, 5.41) is 12.0. The molecule has 1 aliphatic heterocycles. The molecule has 0 saturated heterocycles. The zero-order valence-electron chi connectivity index (χ0n) is 14.5. The first-order valence-electron chi connectivity index (χ1n) is 8.18. The number of anilines is 1. The van der Waals surface area contributed by atoms with Crippen molar-refractivity contribution in [3.05, 3.63) is 47.2 Å². The molecule has 10 heteroatoms. The molecule has 1 aromatic carbocycles. The minimum absolute atomic E-state index is 0.0196. The lowest BCUT2D eigenvalue weighted by Gasteiger charge is -2.28. The lowest BCUT2D eigenvalue weighted by Crippen LogP contribution is -2.39. The Balaban J connectivity index is 1.89. The zero-order chi connectivity index (χ0) is 19.8. The largest absolute Gasteiger partial charge is 0.481 e. The van der Waals surface area contributed by atoms with E-state index in [1.165, 1.54) is 21.8 Å². The van der Waals surface area contributed by atoms with Gasteiger partial charge in [0.05, 0.1) is 25.0 Å². The van der Waals surface area contributed by atoms with Crippen molar-refractivity contribution in [3.63, 3.8) is 0 Å². The van der Waals surface area contributed by atoms with Crippen molar-refractivity contribution >= 4 is 22.6 Å². The van der Waals surface area contributed by atoms with Crippen molar-refractivity contribution in [1.82, 2.24) is 24.8 Å². The van der Waals surface area contributed by atoms with Gasteiger partial charge in [-0.2, -0.15) is 9.78 Å². The average Bonchev–Trinajstić information content (AvgIpc) is 3.09. The van der Waals surface area contributed by atoms with Crippen molar-refractivity contribution in [2.75, 3.05) is 18.1 Å². The van der Waals surface area contributed by atoms with Gasteiger partial charge in [0.1, 0.15) is 16.8 Å². The second-order valence-electron chi connectivity index (χ2n) is 5.90. The molecule has 0 aliphatic carbocycles. The maximum atomic E-state index is 14.7. The van der Waals surface area contributed by atoms with Gasteiger partial charge in [-0.25, -0.2) is 9.07 Å². The highest BCUT2D eigenvalue weighted by atomic mass is 19.1. The van der Waals surface area contributed by atoms with Crippen LogP contribution < -0.4 is 15.2 Å². The van der Waals surface area contributed by atoms with Gasteiger partial charge in [-0.1, -0.05) is 17.2 Å². The molecule has 1 amide bonds. The van der Waals surface area contributed by atoms with Gasteiger partial charge in [0.15, 0.2) is 18.1 Å². The van der Waals surface area contributed by atoms with Crippen molar-refractivity contribution in [1.29, 1.82) is 0 Å². The lowest BCUT2D eigenvalue weighted by molar-refractivity contribution is -0.121. The lowest BCUT2D eigenvalue weighted by atomic mass is 10.2. The molecule has 0 atom stereocenters. The quantitative estimate of drug-likeness (QED) is 0.488. The highest BCUT2D eigenvalue weighted by molar-refractivity contribution is 5.98. The summed E-state index contributed by atoms with van der Waals surface area (Å²) < 4.78 is 22.2. The first kappa shape index (κ1) is 17.4. The van der Waals surface area contributed by atoms with Crippen LogP contribution in [0.1, 0.15) is 0 Å². The number of aromatic nitrogens is 5. The van der Waals surface area contributed by atoms with Crippen LogP contribution in [-0.4, -0.2) is 43.8 Å².